The molecule has 5 heteroatoms. The average molecular weight is 343 g/mol. The van der Waals surface area contributed by atoms with Crippen LogP contribution < -0.4 is 5.32 Å². The number of halogens is 1. The van der Waals surface area contributed by atoms with E-state index >= 15 is 0 Å². The maximum absolute atomic E-state index is 12.2. The van der Waals surface area contributed by atoms with Gasteiger partial charge in [-0.15, -0.1) is 0 Å². The molecule has 0 heterocycles. The van der Waals surface area contributed by atoms with E-state index in [1.807, 2.05) is 36.4 Å². The first-order chi connectivity index (χ1) is 11.5. The standard InChI is InChI=1S/C19H19ClN2O2/c1-14(23)21-17-10-7-15(8-11-17)9-12-19(24)22(2)13-16-5-3-4-6-18(16)20/h3-12H,13H2,1-2H3,(H,21,23)/b12-9+. The Kier molecular flexibility index (Phi) is 6.15. The van der Waals surface area contributed by atoms with E-state index in [1.165, 1.54) is 13.0 Å². The molecule has 124 valence electrons. The molecule has 0 fully saturated rings. The van der Waals surface area contributed by atoms with Crippen LogP contribution >= 0.6 is 11.6 Å². The van der Waals surface area contributed by atoms with Crippen molar-refractivity contribution in [3.63, 3.8) is 0 Å². The van der Waals surface area contributed by atoms with Gasteiger partial charge in [0.2, 0.25) is 11.8 Å². The number of anilines is 1. The summed E-state index contributed by atoms with van der Waals surface area (Å²) in [5.41, 5.74) is 2.51. The molecule has 24 heavy (non-hydrogen) atoms. The Bertz CT molecular complexity index is 754. The molecule has 0 aliphatic heterocycles. The Balaban J connectivity index is 1.96. The molecule has 1 N–H and O–H groups in total. The summed E-state index contributed by atoms with van der Waals surface area (Å²) in [6, 6.07) is 14.7. The molecule has 2 aromatic carbocycles. The topological polar surface area (TPSA) is 49.4 Å². The van der Waals surface area contributed by atoms with Gasteiger partial charge in [-0.05, 0) is 35.4 Å². The van der Waals surface area contributed by atoms with Crippen molar-refractivity contribution in [2.24, 2.45) is 0 Å². The molecule has 0 atom stereocenters. The number of nitrogens with one attached hydrogen (secondary N) is 1. The van der Waals surface area contributed by atoms with Gasteiger partial charge in [0, 0.05) is 37.3 Å². The van der Waals surface area contributed by atoms with Crippen LogP contribution in [0.25, 0.3) is 6.08 Å². The van der Waals surface area contributed by atoms with Gasteiger partial charge in [0.25, 0.3) is 0 Å². The van der Waals surface area contributed by atoms with Crippen LogP contribution in [-0.2, 0) is 16.1 Å². The van der Waals surface area contributed by atoms with Crippen molar-refractivity contribution in [3.8, 4) is 0 Å². The van der Waals surface area contributed by atoms with E-state index in [9.17, 15) is 9.59 Å². The average Bonchev–Trinajstić information content (AvgIpc) is 2.55. The first kappa shape index (κ1) is 17.8. The lowest BCUT2D eigenvalue weighted by molar-refractivity contribution is -0.125. The Hall–Kier alpha value is -2.59. The lowest BCUT2D eigenvalue weighted by Crippen LogP contribution is -2.24. The van der Waals surface area contributed by atoms with E-state index in [4.69, 9.17) is 11.6 Å². The van der Waals surface area contributed by atoms with Gasteiger partial charge in [-0.25, -0.2) is 0 Å². The number of hydrogen-bond donors (Lipinski definition) is 1. The van der Waals surface area contributed by atoms with Crippen LogP contribution in [0, 0.1) is 0 Å². The molecule has 0 saturated heterocycles. The zero-order valence-electron chi connectivity index (χ0n) is 13.6. The molecule has 0 spiro atoms. The summed E-state index contributed by atoms with van der Waals surface area (Å²) in [5, 5.41) is 3.34. The van der Waals surface area contributed by atoms with E-state index < -0.39 is 0 Å². The second-order valence-corrected chi connectivity index (χ2v) is 5.83. The molecule has 0 unspecified atom stereocenters. The van der Waals surface area contributed by atoms with Gasteiger partial charge >= 0.3 is 0 Å². The Morgan fingerprint density at radius 2 is 1.79 bits per heavy atom. The molecule has 0 aliphatic rings. The predicted molar refractivity (Wildman–Crippen MR) is 97.7 cm³/mol. The third-order valence-corrected chi connectivity index (χ3v) is 3.76. The molecule has 2 aromatic rings. The van der Waals surface area contributed by atoms with Gasteiger partial charge in [-0.2, -0.15) is 0 Å². The number of carbonyl (C=O) groups excluding carboxylic acids is 2. The summed E-state index contributed by atoms with van der Waals surface area (Å²) in [6.45, 7) is 1.91. The smallest absolute Gasteiger partial charge is 0.246 e. The Morgan fingerprint density at radius 1 is 1.12 bits per heavy atom. The predicted octanol–water partition coefficient (Wildman–Crippen LogP) is 3.97. The maximum atomic E-state index is 12.2. The van der Waals surface area contributed by atoms with E-state index in [1.54, 1.807) is 30.2 Å². The summed E-state index contributed by atoms with van der Waals surface area (Å²) >= 11 is 6.11. The minimum atomic E-state index is -0.116. The van der Waals surface area contributed by atoms with Crippen LogP contribution in [0.3, 0.4) is 0 Å². The third-order valence-electron chi connectivity index (χ3n) is 3.39. The molecule has 0 aliphatic carbocycles. The van der Waals surface area contributed by atoms with Crippen LogP contribution in [0.15, 0.2) is 54.6 Å². The number of amides is 2. The van der Waals surface area contributed by atoms with E-state index in [0.29, 0.717) is 11.6 Å². The number of nitrogens with zero attached hydrogens (tertiary/aromatic N) is 1. The van der Waals surface area contributed by atoms with E-state index in [-0.39, 0.29) is 11.8 Å². The van der Waals surface area contributed by atoms with Crippen molar-refractivity contribution >= 4 is 35.2 Å². The number of benzene rings is 2. The second-order valence-electron chi connectivity index (χ2n) is 5.42. The van der Waals surface area contributed by atoms with Crippen molar-refractivity contribution in [3.05, 3.63) is 70.8 Å². The zero-order valence-corrected chi connectivity index (χ0v) is 14.4. The fourth-order valence-electron chi connectivity index (χ4n) is 2.14. The Labute approximate surface area is 146 Å². The molecular weight excluding hydrogens is 324 g/mol. The van der Waals surface area contributed by atoms with Gasteiger partial charge in [0.15, 0.2) is 0 Å². The molecular formula is C19H19ClN2O2. The second kappa shape index (κ2) is 8.31. The third kappa shape index (κ3) is 5.25. The van der Waals surface area contributed by atoms with E-state index in [2.05, 4.69) is 5.32 Å². The monoisotopic (exact) mass is 342 g/mol. The SMILES string of the molecule is CC(=O)Nc1ccc(/C=C/C(=O)N(C)Cc2ccccc2Cl)cc1. The van der Waals surface area contributed by atoms with Crippen LogP contribution in [0.5, 0.6) is 0 Å². The molecule has 2 amide bonds. The minimum Gasteiger partial charge on any atom is -0.338 e. The molecule has 0 aromatic heterocycles. The summed E-state index contributed by atoms with van der Waals surface area (Å²) in [4.78, 5) is 24.8. The fourth-order valence-corrected chi connectivity index (χ4v) is 2.33. The lowest BCUT2D eigenvalue weighted by atomic mass is 10.2. The minimum absolute atomic E-state index is 0.110. The van der Waals surface area contributed by atoms with Crippen LogP contribution in [0.2, 0.25) is 5.02 Å². The van der Waals surface area contributed by atoms with Gasteiger partial charge in [-0.3, -0.25) is 9.59 Å². The highest BCUT2D eigenvalue weighted by Crippen LogP contribution is 2.17. The van der Waals surface area contributed by atoms with Gasteiger partial charge in [0.05, 0.1) is 0 Å². The summed E-state index contributed by atoms with van der Waals surface area (Å²) < 4.78 is 0. The number of likely N-dealkylation sites (N-methyl/N-ethyl adjacent to an activating group) is 1. The Morgan fingerprint density at radius 3 is 2.42 bits per heavy atom. The summed E-state index contributed by atoms with van der Waals surface area (Å²) in [6.07, 6.45) is 3.26. The van der Waals surface area contributed by atoms with Crippen molar-refractivity contribution < 1.29 is 9.59 Å². The highest BCUT2D eigenvalue weighted by molar-refractivity contribution is 6.31. The largest absolute Gasteiger partial charge is 0.338 e. The zero-order chi connectivity index (χ0) is 17.5. The molecule has 4 nitrogen and oxygen atoms in total. The fraction of sp³-hybridized carbons (Fsp3) is 0.158. The molecule has 2 rings (SSSR count). The van der Waals surface area contributed by atoms with Gasteiger partial charge < -0.3 is 10.2 Å². The summed E-state index contributed by atoms with van der Waals surface area (Å²) in [7, 11) is 1.73. The van der Waals surface area contributed by atoms with Crippen molar-refractivity contribution in [1.82, 2.24) is 4.90 Å². The van der Waals surface area contributed by atoms with Crippen LogP contribution in [0.4, 0.5) is 5.69 Å². The molecule has 0 saturated carbocycles. The first-order valence-corrected chi connectivity index (χ1v) is 7.88. The van der Waals surface area contributed by atoms with Crippen molar-refractivity contribution in [1.29, 1.82) is 0 Å². The number of carbonyl (C=O) groups is 2. The highest BCUT2D eigenvalue weighted by atomic mass is 35.5. The van der Waals surface area contributed by atoms with Crippen molar-refractivity contribution in [2.45, 2.75) is 13.5 Å². The first-order valence-electron chi connectivity index (χ1n) is 7.50. The number of rotatable bonds is 5. The lowest BCUT2D eigenvalue weighted by Gasteiger charge is -2.16. The van der Waals surface area contributed by atoms with Crippen LogP contribution in [0.1, 0.15) is 18.1 Å². The maximum Gasteiger partial charge on any atom is 0.246 e. The molecule has 0 bridgehead atoms. The van der Waals surface area contributed by atoms with Crippen LogP contribution in [-0.4, -0.2) is 23.8 Å². The summed E-state index contributed by atoms with van der Waals surface area (Å²) in [5.74, 6) is -0.226. The number of hydrogen-bond acceptors (Lipinski definition) is 2. The normalized spacial score (nSPS) is 10.6. The van der Waals surface area contributed by atoms with Gasteiger partial charge in [0.1, 0.15) is 0 Å². The van der Waals surface area contributed by atoms with E-state index in [0.717, 1.165) is 16.8 Å². The van der Waals surface area contributed by atoms with Crippen molar-refractivity contribution in [2.75, 3.05) is 12.4 Å². The highest BCUT2D eigenvalue weighted by Gasteiger charge is 2.08. The molecule has 0 radical (unpaired) electrons. The quantitative estimate of drug-likeness (QED) is 0.836. The van der Waals surface area contributed by atoms with Gasteiger partial charge in [-0.1, -0.05) is 41.9 Å².